The zero-order valence-corrected chi connectivity index (χ0v) is 12.3. The molecular weight excluding hydrogens is 306 g/mol. The summed E-state index contributed by atoms with van der Waals surface area (Å²) < 4.78 is 1.05. The van der Waals surface area contributed by atoms with E-state index in [0.29, 0.717) is 11.5 Å². The fourth-order valence-corrected chi connectivity index (χ4v) is 2.02. The summed E-state index contributed by atoms with van der Waals surface area (Å²) in [5.74, 6) is 0.0595. The maximum atomic E-state index is 12.0. The van der Waals surface area contributed by atoms with Crippen LogP contribution in [0.2, 0.25) is 0 Å². The minimum Gasteiger partial charge on any atom is -0.384 e. The van der Waals surface area contributed by atoms with Gasteiger partial charge in [-0.1, -0.05) is 22.0 Å². The minimum absolute atomic E-state index is 0.270. The van der Waals surface area contributed by atoms with Gasteiger partial charge >= 0.3 is 0 Å². The van der Waals surface area contributed by atoms with E-state index in [2.05, 4.69) is 26.2 Å². The third-order valence-corrected chi connectivity index (χ3v) is 3.95. The zero-order chi connectivity index (χ0) is 14.0. The molecule has 0 saturated carbocycles. The van der Waals surface area contributed by atoms with Crippen LogP contribution in [0.3, 0.4) is 0 Å². The molecule has 0 bridgehead atoms. The van der Waals surface area contributed by atoms with Gasteiger partial charge in [-0.3, -0.25) is 4.79 Å². The molecule has 1 amide bonds. The van der Waals surface area contributed by atoms with Crippen molar-refractivity contribution in [3.63, 3.8) is 0 Å². The maximum Gasteiger partial charge on any atom is 0.274 e. The SMILES string of the molecule is Cc1cc(NC(=O)c2cccc(N)n2)cc(C)c1Br. The van der Waals surface area contributed by atoms with Crippen LogP contribution in [0.1, 0.15) is 21.6 Å². The van der Waals surface area contributed by atoms with Gasteiger partial charge in [0.1, 0.15) is 11.5 Å². The predicted octanol–water partition coefficient (Wildman–Crippen LogP) is 3.30. The number of nitrogens with two attached hydrogens (primary N) is 1. The van der Waals surface area contributed by atoms with Crippen molar-refractivity contribution in [3.05, 3.63) is 51.6 Å². The molecule has 1 aromatic heterocycles. The summed E-state index contributed by atoms with van der Waals surface area (Å²) in [4.78, 5) is 16.0. The molecule has 0 fully saturated rings. The van der Waals surface area contributed by atoms with E-state index in [0.717, 1.165) is 21.3 Å². The number of benzene rings is 1. The first-order chi connectivity index (χ1) is 8.97. The van der Waals surface area contributed by atoms with Gasteiger partial charge in [-0.2, -0.15) is 0 Å². The molecule has 0 spiro atoms. The lowest BCUT2D eigenvalue weighted by molar-refractivity contribution is 0.102. The van der Waals surface area contributed by atoms with Crippen molar-refractivity contribution in [1.82, 2.24) is 4.98 Å². The number of halogens is 1. The average molecular weight is 320 g/mol. The largest absolute Gasteiger partial charge is 0.384 e. The Bertz CT molecular complexity index is 617. The number of aryl methyl sites for hydroxylation is 2. The number of nitrogens with zero attached hydrogens (tertiary/aromatic N) is 1. The number of hydrogen-bond donors (Lipinski definition) is 2. The Morgan fingerprint density at radius 3 is 2.47 bits per heavy atom. The van der Waals surface area contributed by atoms with Gasteiger partial charge in [0.15, 0.2) is 0 Å². The van der Waals surface area contributed by atoms with Crippen LogP contribution in [-0.4, -0.2) is 10.9 Å². The van der Waals surface area contributed by atoms with Gasteiger partial charge in [-0.25, -0.2) is 4.98 Å². The summed E-state index contributed by atoms with van der Waals surface area (Å²) in [6.07, 6.45) is 0. The molecule has 1 aromatic carbocycles. The van der Waals surface area contributed by atoms with Gasteiger partial charge in [0.05, 0.1) is 0 Å². The Morgan fingerprint density at radius 2 is 1.89 bits per heavy atom. The summed E-state index contributed by atoms with van der Waals surface area (Å²) in [6.45, 7) is 3.96. The van der Waals surface area contributed by atoms with Gasteiger partial charge in [-0.15, -0.1) is 0 Å². The van der Waals surface area contributed by atoms with Crippen molar-refractivity contribution in [2.45, 2.75) is 13.8 Å². The molecule has 4 nitrogen and oxygen atoms in total. The molecule has 19 heavy (non-hydrogen) atoms. The highest BCUT2D eigenvalue weighted by molar-refractivity contribution is 9.10. The molecule has 1 heterocycles. The Kier molecular flexibility index (Phi) is 3.85. The van der Waals surface area contributed by atoms with Crippen LogP contribution in [0.5, 0.6) is 0 Å². The van der Waals surface area contributed by atoms with E-state index >= 15 is 0 Å². The number of anilines is 2. The van der Waals surface area contributed by atoms with E-state index in [-0.39, 0.29) is 5.91 Å². The number of aromatic nitrogens is 1. The van der Waals surface area contributed by atoms with E-state index in [1.165, 1.54) is 0 Å². The number of nitrogen functional groups attached to an aromatic ring is 1. The Balaban J connectivity index is 2.24. The van der Waals surface area contributed by atoms with E-state index in [4.69, 9.17) is 5.73 Å². The monoisotopic (exact) mass is 319 g/mol. The van der Waals surface area contributed by atoms with Crippen LogP contribution in [0.15, 0.2) is 34.8 Å². The zero-order valence-electron chi connectivity index (χ0n) is 10.7. The molecule has 0 saturated heterocycles. The van der Waals surface area contributed by atoms with Crippen molar-refractivity contribution in [3.8, 4) is 0 Å². The molecule has 2 aromatic rings. The van der Waals surface area contributed by atoms with Crippen molar-refractivity contribution in [1.29, 1.82) is 0 Å². The number of rotatable bonds is 2. The van der Waals surface area contributed by atoms with Crippen LogP contribution >= 0.6 is 15.9 Å². The second-order valence-corrected chi connectivity index (χ2v) is 5.12. The molecule has 0 atom stereocenters. The van der Waals surface area contributed by atoms with E-state index in [1.54, 1.807) is 18.2 Å². The molecule has 0 unspecified atom stereocenters. The summed E-state index contributed by atoms with van der Waals surface area (Å²) in [5.41, 5.74) is 8.74. The first-order valence-corrected chi connectivity index (χ1v) is 6.57. The fraction of sp³-hybridized carbons (Fsp3) is 0.143. The number of amides is 1. The van der Waals surface area contributed by atoms with Gasteiger partial charge in [-0.05, 0) is 49.2 Å². The van der Waals surface area contributed by atoms with Crippen molar-refractivity contribution < 1.29 is 4.79 Å². The van der Waals surface area contributed by atoms with E-state index in [1.807, 2.05) is 26.0 Å². The van der Waals surface area contributed by atoms with Gasteiger partial charge in [0.2, 0.25) is 0 Å². The molecule has 0 aliphatic heterocycles. The lowest BCUT2D eigenvalue weighted by Gasteiger charge is -2.09. The molecule has 5 heteroatoms. The Hall–Kier alpha value is -1.88. The Morgan fingerprint density at radius 1 is 1.26 bits per heavy atom. The van der Waals surface area contributed by atoms with Crippen LogP contribution in [0.4, 0.5) is 11.5 Å². The van der Waals surface area contributed by atoms with Gasteiger partial charge < -0.3 is 11.1 Å². The Labute approximate surface area is 120 Å². The highest BCUT2D eigenvalue weighted by atomic mass is 79.9. The molecule has 3 N–H and O–H groups in total. The summed E-state index contributed by atoms with van der Waals surface area (Å²) in [7, 11) is 0. The first kappa shape index (κ1) is 13.5. The molecular formula is C14H14BrN3O. The number of hydrogen-bond acceptors (Lipinski definition) is 3. The summed E-state index contributed by atoms with van der Waals surface area (Å²) in [6, 6.07) is 8.78. The molecule has 0 aliphatic rings. The second-order valence-electron chi connectivity index (χ2n) is 4.33. The molecule has 2 rings (SSSR count). The van der Waals surface area contributed by atoms with E-state index in [9.17, 15) is 4.79 Å². The van der Waals surface area contributed by atoms with Crippen LogP contribution in [-0.2, 0) is 0 Å². The molecule has 0 aliphatic carbocycles. The topological polar surface area (TPSA) is 68.0 Å². The number of nitrogens with one attached hydrogen (secondary N) is 1. The van der Waals surface area contributed by atoms with Crippen LogP contribution < -0.4 is 11.1 Å². The lowest BCUT2D eigenvalue weighted by Crippen LogP contribution is -2.14. The number of carbonyl (C=O) groups excluding carboxylic acids is 1. The lowest BCUT2D eigenvalue weighted by atomic mass is 10.1. The quantitative estimate of drug-likeness (QED) is 0.892. The average Bonchev–Trinajstić information content (AvgIpc) is 2.36. The van der Waals surface area contributed by atoms with E-state index < -0.39 is 0 Å². The maximum absolute atomic E-state index is 12.0. The first-order valence-electron chi connectivity index (χ1n) is 5.78. The van der Waals surface area contributed by atoms with Crippen LogP contribution in [0, 0.1) is 13.8 Å². The highest BCUT2D eigenvalue weighted by Crippen LogP contribution is 2.25. The van der Waals surface area contributed by atoms with Crippen molar-refractivity contribution >= 4 is 33.3 Å². The van der Waals surface area contributed by atoms with Crippen LogP contribution in [0.25, 0.3) is 0 Å². The third-order valence-electron chi connectivity index (χ3n) is 2.70. The smallest absolute Gasteiger partial charge is 0.274 e. The summed E-state index contributed by atoms with van der Waals surface area (Å²) >= 11 is 3.49. The predicted molar refractivity (Wildman–Crippen MR) is 80.2 cm³/mol. The normalized spacial score (nSPS) is 10.3. The molecule has 0 radical (unpaired) electrons. The van der Waals surface area contributed by atoms with Crippen molar-refractivity contribution in [2.24, 2.45) is 0 Å². The number of carbonyl (C=O) groups is 1. The summed E-state index contributed by atoms with van der Waals surface area (Å²) in [5, 5.41) is 2.82. The second kappa shape index (κ2) is 5.40. The van der Waals surface area contributed by atoms with Crippen molar-refractivity contribution in [2.75, 3.05) is 11.1 Å². The van der Waals surface area contributed by atoms with Gasteiger partial charge in [0, 0.05) is 10.2 Å². The van der Waals surface area contributed by atoms with Gasteiger partial charge in [0.25, 0.3) is 5.91 Å². The minimum atomic E-state index is -0.270. The standard InChI is InChI=1S/C14H14BrN3O/c1-8-6-10(7-9(2)13(8)15)17-14(19)11-4-3-5-12(16)18-11/h3-7H,1-2H3,(H2,16,18)(H,17,19). The fourth-order valence-electron chi connectivity index (χ4n) is 1.79. The highest BCUT2D eigenvalue weighted by Gasteiger charge is 2.09. The number of pyridine rings is 1. The third kappa shape index (κ3) is 3.12. The molecule has 98 valence electrons.